The largest absolute Gasteiger partial charge is 0.379 e. The minimum Gasteiger partial charge on any atom is -0.379 e. The molecule has 170 valence electrons. The Morgan fingerprint density at radius 1 is 1.10 bits per heavy atom. The van der Waals surface area contributed by atoms with Gasteiger partial charge in [0.05, 0.1) is 6.61 Å². The van der Waals surface area contributed by atoms with Gasteiger partial charge in [0.15, 0.2) is 0 Å². The lowest BCUT2D eigenvalue weighted by atomic mass is 9.45. The third-order valence-corrected chi connectivity index (χ3v) is 9.46. The zero-order chi connectivity index (χ0) is 21.6. The molecular weight excluding hydrogens is 372 g/mol. The molecule has 0 aliphatic heterocycles. The van der Waals surface area contributed by atoms with E-state index in [2.05, 4.69) is 13.8 Å². The molecule has 30 heavy (non-hydrogen) atoms. The summed E-state index contributed by atoms with van der Waals surface area (Å²) >= 11 is 0. The van der Waals surface area contributed by atoms with Gasteiger partial charge in [-0.15, -0.1) is 0 Å². The summed E-state index contributed by atoms with van der Waals surface area (Å²) in [7, 11) is 0. The van der Waals surface area contributed by atoms with Gasteiger partial charge in [0, 0.05) is 36.2 Å². The molecule has 0 aromatic heterocycles. The number of hydrogen-bond acceptors (Lipinski definition) is 4. The smallest absolute Gasteiger partial charge is 0.139 e. The summed E-state index contributed by atoms with van der Waals surface area (Å²) in [6, 6.07) is 0. The topological polar surface area (TPSA) is 64.7 Å². The van der Waals surface area contributed by atoms with Crippen molar-refractivity contribution < 1.29 is 9.53 Å². The van der Waals surface area contributed by atoms with Crippen LogP contribution in [0.25, 0.3) is 0 Å². The Bertz CT molecular complexity index is 681. The summed E-state index contributed by atoms with van der Waals surface area (Å²) in [6.45, 7) is 11.1. The van der Waals surface area contributed by atoms with Crippen LogP contribution in [0.15, 0.2) is 4.99 Å². The van der Waals surface area contributed by atoms with E-state index in [1.165, 1.54) is 44.2 Å². The summed E-state index contributed by atoms with van der Waals surface area (Å²) in [5.41, 5.74) is 7.63. The number of nitrogens with zero attached hydrogens (tertiary/aromatic N) is 1. The van der Waals surface area contributed by atoms with Gasteiger partial charge in [0.25, 0.3) is 0 Å². The van der Waals surface area contributed by atoms with Crippen molar-refractivity contribution >= 4 is 11.5 Å². The molecule has 0 bridgehead atoms. The highest BCUT2D eigenvalue weighted by Gasteiger charge is 2.59. The van der Waals surface area contributed by atoms with Crippen molar-refractivity contribution in [1.82, 2.24) is 0 Å². The third kappa shape index (κ3) is 4.16. The first-order valence-corrected chi connectivity index (χ1v) is 12.6. The number of nitrogens with two attached hydrogens (primary N) is 1. The summed E-state index contributed by atoms with van der Waals surface area (Å²) in [6.07, 6.45) is 11.8. The zero-order valence-electron chi connectivity index (χ0n) is 19.8. The van der Waals surface area contributed by atoms with E-state index in [9.17, 15) is 4.79 Å². The zero-order valence-corrected chi connectivity index (χ0v) is 19.8. The number of Topliss-reactive ketones (excluding diaryl/α,β-unsaturated/α-hetero) is 1. The number of ketones is 1. The van der Waals surface area contributed by atoms with Crippen LogP contribution in [0.2, 0.25) is 0 Å². The monoisotopic (exact) mass is 416 g/mol. The summed E-state index contributed by atoms with van der Waals surface area (Å²) in [5.74, 6) is 3.64. The fraction of sp³-hybridized carbons (Fsp3) is 0.923. The van der Waals surface area contributed by atoms with Crippen LogP contribution in [0.4, 0.5) is 0 Å². The molecule has 4 rings (SSSR count). The number of hydrogen-bond donors (Lipinski definition) is 1. The predicted molar refractivity (Wildman–Crippen MR) is 123 cm³/mol. The van der Waals surface area contributed by atoms with Gasteiger partial charge in [-0.2, -0.15) is 0 Å². The molecule has 0 aromatic rings. The van der Waals surface area contributed by atoms with Gasteiger partial charge in [-0.25, -0.2) is 0 Å². The molecule has 4 heteroatoms. The molecule has 0 amide bonds. The van der Waals surface area contributed by atoms with E-state index in [0.29, 0.717) is 23.7 Å². The van der Waals surface area contributed by atoms with Gasteiger partial charge in [-0.05, 0) is 101 Å². The first kappa shape index (κ1) is 22.5. The van der Waals surface area contributed by atoms with E-state index in [4.69, 9.17) is 15.5 Å². The standard InChI is InChI=1S/C26H44N2O2/c1-24(2,27)17-30-15-5-14-28-19-10-12-25(3)18(16-19)6-7-20-21-8-9-23(29)26(21,4)13-11-22(20)25/h18,20-22H,5-17,27H2,1-4H3. The minimum atomic E-state index is -0.249. The first-order chi connectivity index (χ1) is 14.1. The lowest BCUT2D eigenvalue weighted by molar-refractivity contribution is -0.136. The SMILES string of the molecule is CC(C)(N)COCCCN=C1CCC2(C)C(CCC3C4CCC(=O)C4(C)CCC32)C1. The Morgan fingerprint density at radius 3 is 2.67 bits per heavy atom. The van der Waals surface area contributed by atoms with E-state index >= 15 is 0 Å². The molecule has 0 heterocycles. The highest BCUT2D eigenvalue weighted by Crippen LogP contribution is 2.65. The van der Waals surface area contributed by atoms with E-state index in [-0.39, 0.29) is 11.0 Å². The minimum absolute atomic E-state index is 0.00678. The van der Waals surface area contributed by atoms with Gasteiger partial charge in [-0.1, -0.05) is 13.8 Å². The highest BCUT2D eigenvalue weighted by atomic mass is 16.5. The second-order valence-electron chi connectivity index (χ2n) is 12.1. The van der Waals surface area contributed by atoms with Crippen molar-refractivity contribution in [2.75, 3.05) is 19.8 Å². The normalized spacial score (nSPS) is 42.7. The number of carbonyl (C=O) groups excluding carboxylic acids is 1. The molecule has 6 atom stereocenters. The fourth-order valence-corrected chi connectivity index (χ4v) is 7.71. The molecule has 0 spiro atoms. The quantitative estimate of drug-likeness (QED) is 0.607. The molecule has 6 unspecified atom stereocenters. The molecule has 4 nitrogen and oxygen atoms in total. The molecule has 2 N–H and O–H groups in total. The molecule has 0 radical (unpaired) electrons. The van der Waals surface area contributed by atoms with Crippen molar-refractivity contribution in [3.05, 3.63) is 0 Å². The Kier molecular flexibility index (Phi) is 6.22. The van der Waals surface area contributed by atoms with Crippen molar-refractivity contribution in [2.24, 2.45) is 45.2 Å². The summed E-state index contributed by atoms with van der Waals surface area (Å²) in [4.78, 5) is 17.6. The van der Waals surface area contributed by atoms with Crippen LogP contribution in [0.3, 0.4) is 0 Å². The molecule has 4 fully saturated rings. The average molecular weight is 417 g/mol. The summed E-state index contributed by atoms with van der Waals surface area (Å²) in [5, 5.41) is 0. The van der Waals surface area contributed by atoms with E-state index in [1.54, 1.807) is 0 Å². The lowest BCUT2D eigenvalue weighted by Crippen LogP contribution is -2.53. The fourth-order valence-electron chi connectivity index (χ4n) is 7.71. The maximum absolute atomic E-state index is 12.6. The Morgan fingerprint density at radius 2 is 1.90 bits per heavy atom. The van der Waals surface area contributed by atoms with E-state index in [0.717, 1.165) is 56.6 Å². The van der Waals surface area contributed by atoms with Crippen molar-refractivity contribution in [2.45, 2.75) is 97.4 Å². The second-order valence-corrected chi connectivity index (χ2v) is 12.1. The highest BCUT2D eigenvalue weighted by molar-refractivity contribution is 5.87. The van der Waals surface area contributed by atoms with Gasteiger partial charge in [0.1, 0.15) is 5.78 Å². The molecule has 4 aliphatic rings. The molecule has 4 aliphatic carbocycles. The van der Waals surface area contributed by atoms with Crippen LogP contribution in [0, 0.1) is 34.5 Å². The molecule has 0 saturated heterocycles. The van der Waals surface area contributed by atoms with Crippen LogP contribution in [-0.2, 0) is 9.53 Å². The van der Waals surface area contributed by atoms with Gasteiger partial charge in [-0.3, -0.25) is 9.79 Å². The van der Waals surface area contributed by atoms with E-state index in [1.807, 2.05) is 13.8 Å². The Balaban J connectivity index is 1.32. The lowest BCUT2D eigenvalue weighted by Gasteiger charge is -2.59. The number of fused-ring (bicyclic) bond motifs is 5. The predicted octanol–water partition coefficient (Wildman–Crippen LogP) is 5.18. The maximum Gasteiger partial charge on any atom is 0.139 e. The number of aliphatic imine (C=N–C) groups is 1. The van der Waals surface area contributed by atoms with Crippen LogP contribution in [0.5, 0.6) is 0 Å². The van der Waals surface area contributed by atoms with Crippen LogP contribution >= 0.6 is 0 Å². The van der Waals surface area contributed by atoms with Crippen molar-refractivity contribution in [3.63, 3.8) is 0 Å². The molecule has 0 aromatic carbocycles. The number of rotatable bonds is 6. The number of ether oxygens (including phenoxy) is 1. The average Bonchev–Trinajstić information content (AvgIpc) is 2.98. The van der Waals surface area contributed by atoms with Crippen molar-refractivity contribution in [1.29, 1.82) is 0 Å². The van der Waals surface area contributed by atoms with Gasteiger partial charge in [0.2, 0.25) is 0 Å². The maximum atomic E-state index is 12.6. The van der Waals surface area contributed by atoms with Crippen LogP contribution < -0.4 is 5.73 Å². The number of carbonyl (C=O) groups is 1. The van der Waals surface area contributed by atoms with Crippen molar-refractivity contribution in [3.8, 4) is 0 Å². The molecular formula is C26H44N2O2. The Hall–Kier alpha value is -0.740. The van der Waals surface area contributed by atoms with E-state index < -0.39 is 0 Å². The van der Waals surface area contributed by atoms with Crippen LogP contribution in [-0.4, -0.2) is 36.8 Å². The summed E-state index contributed by atoms with van der Waals surface area (Å²) < 4.78 is 5.68. The second kappa shape index (κ2) is 8.31. The molecule has 4 saturated carbocycles. The Labute approximate surface area is 183 Å². The third-order valence-electron chi connectivity index (χ3n) is 9.46. The first-order valence-electron chi connectivity index (χ1n) is 12.6. The van der Waals surface area contributed by atoms with Gasteiger partial charge < -0.3 is 10.5 Å². The van der Waals surface area contributed by atoms with Gasteiger partial charge >= 0.3 is 0 Å². The van der Waals surface area contributed by atoms with Crippen LogP contribution in [0.1, 0.15) is 91.9 Å².